The summed E-state index contributed by atoms with van der Waals surface area (Å²) in [5, 5.41) is 3.01. The molecule has 0 spiro atoms. The SMILES string of the molecule is Cc1ccccc1CN(C(=O)Cc1ccccc1F)[C@H](Cc1ccccc1)C(=O)NCC(C)C. The molecule has 5 heteroatoms. The fourth-order valence-corrected chi connectivity index (χ4v) is 3.85. The predicted molar refractivity (Wildman–Crippen MR) is 134 cm³/mol. The van der Waals surface area contributed by atoms with Crippen molar-refractivity contribution in [2.24, 2.45) is 5.92 Å². The fourth-order valence-electron chi connectivity index (χ4n) is 3.85. The van der Waals surface area contributed by atoms with Crippen LogP contribution in [-0.2, 0) is 29.0 Å². The van der Waals surface area contributed by atoms with E-state index < -0.39 is 11.9 Å². The first kappa shape index (κ1) is 25.2. The highest BCUT2D eigenvalue weighted by atomic mass is 19.1. The Bertz CT molecular complexity index is 1100. The fraction of sp³-hybridized carbons (Fsp3) is 0.310. The van der Waals surface area contributed by atoms with Crippen LogP contribution in [0.15, 0.2) is 78.9 Å². The third kappa shape index (κ3) is 7.01. The lowest BCUT2D eigenvalue weighted by atomic mass is 10.00. The van der Waals surface area contributed by atoms with Crippen LogP contribution in [0, 0.1) is 18.7 Å². The average Bonchev–Trinajstić information content (AvgIpc) is 2.83. The number of hydrogen-bond acceptors (Lipinski definition) is 2. The molecule has 0 heterocycles. The minimum Gasteiger partial charge on any atom is -0.354 e. The minimum absolute atomic E-state index is 0.110. The lowest BCUT2D eigenvalue weighted by Gasteiger charge is -2.32. The second-order valence-corrected chi connectivity index (χ2v) is 9.06. The number of hydrogen-bond donors (Lipinski definition) is 1. The molecule has 0 aromatic heterocycles. The molecule has 34 heavy (non-hydrogen) atoms. The molecule has 0 fully saturated rings. The molecule has 0 aliphatic heterocycles. The number of aryl methyl sites for hydroxylation is 1. The van der Waals surface area contributed by atoms with E-state index in [0.717, 1.165) is 16.7 Å². The normalized spacial score (nSPS) is 11.8. The van der Waals surface area contributed by atoms with Gasteiger partial charge in [0.15, 0.2) is 0 Å². The third-order valence-corrected chi connectivity index (χ3v) is 5.86. The molecule has 3 aromatic carbocycles. The summed E-state index contributed by atoms with van der Waals surface area (Å²) in [4.78, 5) is 28.7. The first-order chi connectivity index (χ1) is 16.3. The van der Waals surface area contributed by atoms with Gasteiger partial charge in [0.1, 0.15) is 11.9 Å². The van der Waals surface area contributed by atoms with Crippen molar-refractivity contribution >= 4 is 11.8 Å². The number of rotatable bonds is 10. The first-order valence-electron chi connectivity index (χ1n) is 11.7. The summed E-state index contributed by atoms with van der Waals surface area (Å²) in [5.41, 5.74) is 3.27. The largest absolute Gasteiger partial charge is 0.354 e. The molecule has 3 aromatic rings. The van der Waals surface area contributed by atoms with Crippen LogP contribution in [-0.4, -0.2) is 29.3 Å². The molecule has 3 rings (SSSR count). The number of carbonyl (C=O) groups is 2. The van der Waals surface area contributed by atoms with Gasteiger partial charge in [-0.15, -0.1) is 0 Å². The second-order valence-electron chi connectivity index (χ2n) is 9.06. The highest BCUT2D eigenvalue weighted by Crippen LogP contribution is 2.19. The van der Waals surface area contributed by atoms with E-state index in [0.29, 0.717) is 18.5 Å². The number of nitrogens with one attached hydrogen (secondary N) is 1. The van der Waals surface area contributed by atoms with Crippen LogP contribution >= 0.6 is 0 Å². The Balaban J connectivity index is 1.98. The van der Waals surface area contributed by atoms with Crippen molar-refractivity contribution in [2.75, 3.05) is 6.54 Å². The highest BCUT2D eigenvalue weighted by Gasteiger charge is 2.31. The van der Waals surface area contributed by atoms with Gasteiger partial charge in [-0.25, -0.2) is 4.39 Å². The Morgan fingerprint density at radius 1 is 0.882 bits per heavy atom. The molecule has 0 radical (unpaired) electrons. The van der Waals surface area contributed by atoms with E-state index in [9.17, 15) is 14.0 Å². The van der Waals surface area contributed by atoms with Gasteiger partial charge in [0.05, 0.1) is 6.42 Å². The predicted octanol–water partition coefficient (Wildman–Crippen LogP) is 5.09. The maximum absolute atomic E-state index is 14.4. The van der Waals surface area contributed by atoms with Gasteiger partial charge >= 0.3 is 0 Å². The molecule has 0 bridgehead atoms. The monoisotopic (exact) mass is 460 g/mol. The summed E-state index contributed by atoms with van der Waals surface area (Å²) < 4.78 is 14.4. The van der Waals surface area contributed by atoms with Gasteiger partial charge in [-0.2, -0.15) is 0 Å². The molecular formula is C29H33FN2O2. The van der Waals surface area contributed by atoms with Gasteiger partial charge in [0.2, 0.25) is 11.8 Å². The molecule has 1 atom stereocenters. The van der Waals surface area contributed by atoms with E-state index in [1.807, 2.05) is 75.4 Å². The van der Waals surface area contributed by atoms with Gasteiger partial charge in [0, 0.05) is 19.5 Å². The third-order valence-electron chi connectivity index (χ3n) is 5.86. The molecular weight excluding hydrogens is 427 g/mol. The van der Waals surface area contributed by atoms with Crippen molar-refractivity contribution in [1.29, 1.82) is 0 Å². The van der Waals surface area contributed by atoms with Crippen molar-refractivity contribution in [3.63, 3.8) is 0 Å². The Morgan fingerprint density at radius 2 is 1.50 bits per heavy atom. The Morgan fingerprint density at radius 3 is 2.15 bits per heavy atom. The van der Waals surface area contributed by atoms with Crippen molar-refractivity contribution in [1.82, 2.24) is 10.2 Å². The van der Waals surface area contributed by atoms with E-state index >= 15 is 0 Å². The van der Waals surface area contributed by atoms with E-state index in [-0.39, 0.29) is 30.7 Å². The van der Waals surface area contributed by atoms with Gasteiger partial charge in [-0.05, 0) is 41.2 Å². The number of nitrogens with zero attached hydrogens (tertiary/aromatic N) is 1. The molecule has 0 saturated carbocycles. The van der Waals surface area contributed by atoms with Crippen LogP contribution in [0.25, 0.3) is 0 Å². The number of benzene rings is 3. The number of carbonyl (C=O) groups excluding carboxylic acids is 2. The maximum Gasteiger partial charge on any atom is 0.243 e. The summed E-state index contributed by atoms with van der Waals surface area (Å²) >= 11 is 0. The van der Waals surface area contributed by atoms with Crippen LogP contribution in [0.2, 0.25) is 0 Å². The number of amides is 2. The van der Waals surface area contributed by atoms with Crippen molar-refractivity contribution in [3.05, 3.63) is 107 Å². The van der Waals surface area contributed by atoms with Crippen LogP contribution < -0.4 is 5.32 Å². The average molecular weight is 461 g/mol. The molecule has 4 nitrogen and oxygen atoms in total. The van der Waals surface area contributed by atoms with Crippen molar-refractivity contribution < 1.29 is 14.0 Å². The van der Waals surface area contributed by atoms with Crippen molar-refractivity contribution in [3.8, 4) is 0 Å². The van der Waals surface area contributed by atoms with Crippen molar-refractivity contribution in [2.45, 2.75) is 46.2 Å². The van der Waals surface area contributed by atoms with Crippen LogP contribution in [0.4, 0.5) is 4.39 Å². The number of halogens is 1. The van der Waals surface area contributed by atoms with Crippen LogP contribution in [0.1, 0.15) is 36.1 Å². The quantitative estimate of drug-likeness (QED) is 0.458. The molecule has 0 unspecified atom stereocenters. The summed E-state index contributed by atoms with van der Waals surface area (Å²) in [7, 11) is 0. The Hall–Kier alpha value is -3.47. The second kappa shape index (κ2) is 12.1. The topological polar surface area (TPSA) is 49.4 Å². The van der Waals surface area contributed by atoms with Gasteiger partial charge < -0.3 is 10.2 Å². The minimum atomic E-state index is -0.722. The lowest BCUT2D eigenvalue weighted by molar-refractivity contribution is -0.140. The maximum atomic E-state index is 14.4. The first-order valence-corrected chi connectivity index (χ1v) is 11.7. The molecule has 2 amide bonds. The zero-order chi connectivity index (χ0) is 24.5. The zero-order valence-corrected chi connectivity index (χ0v) is 20.1. The molecule has 1 N–H and O–H groups in total. The van der Waals surface area contributed by atoms with Gasteiger partial charge in [-0.1, -0.05) is 86.6 Å². The molecule has 0 aliphatic rings. The van der Waals surface area contributed by atoms with E-state index in [1.165, 1.54) is 6.07 Å². The highest BCUT2D eigenvalue weighted by molar-refractivity contribution is 5.88. The molecule has 0 aliphatic carbocycles. The van der Waals surface area contributed by atoms with Crippen LogP contribution in [0.3, 0.4) is 0 Å². The summed E-state index contributed by atoms with van der Waals surface area (Å²) in [6, 6.07) is 23.1. The molecule has 0 saturated heterocycles. The zero-order valence-electron chi connectivity index (χ0n) is 20.1. The standard InChI is InChI=1S/C29H33FN2O2/c1-21(2)19-31-29(34)27(17-23-12-5-4-6-13-23)32(20-25-15-8-7-11-22(25)3)28(33)18-24-14-9-10-16-26(24)30/h4-16,21,27H,17-20H2,1-3H3,(H,31,34)/t27-/m1/s1. The van der Waals surface area contributed by atoms with E-state index in [2.05, 4.69) is 5.32 Å². The summed E-state index contributed by atoms with van der Waals surface area (Å²) in [6.45, 7) is 6.83. The van der Waals surface area contributed by atoms with Gasteiger partial charge in [0.25, 0.3) is 0 Å². The van der Waals surface area contributed by atoms with E-state index in [4.69, 9.17) is 0 Å². The Kier molecular flexibility index (Phi) is 8.97. The Labute approximate surface area is 201 Å². The molecule has 178 valence electrons. The lowest BCUT2D eigenvalue weighted by Crippen LogP contribution is -2.51. The van der Waals surface area contributed by atoms with Gasteiger partial charge in [-0.3, -0.25) is 9.59 Å². The van der Waals surface area contributed by atoms with Crippen LogP contribution in [0.5, 0.6) is 0 Å². The van der Waals surface area contributed by atoms with E-state index in [1.54, 1.807) is 23.1 Å². The smallest absolute Gasteiger partial charge is 0.243 e. The summed E-state index contributed by atoms with van der Waals surface area (Å²) in [6.07, 6.45) is 0.265. The summed E-state index contributed by atoms with van der Waals surface area (Å²) in [5.74, 6) is -0.627.